The smallest absolute Gasteiger partial charge is 0.302 e. The van der Waals surface area contributed by atoms with E-state index in [2.05, 4.69) is 48.5 Å². The summed E-state index contributed by atoms with van der Waals surface area (Å²) in [5.74, 6) is 2.43. The maximum atomic E-state index is 11.9. The molecule has 0 radical (unpaired) electrons. The van der Waals surface area contributed by atoms with Crippen molar-refractivity contribution in [3.8, 4) is 0 Å². The van der Waals surface area contributed by atoms with E-state index in [1.54, 1.807) is 18.1 Å². The van der Waals surface area contributed by atoms with Gasteiger partial charge in [-0.15, -0.1) is 0 Å². The first kappa shape index (κ1) is 25.8. The molecule has 0 saturated heterocycles. The topological polar surface area (TPSA) is 46.5 Å². The van der Waals surface area contributed by atoms with Crippen LogP contribution >= 0.6 is 0 Å². The number of aliphatic hydroxyl groups excluding tert-OH is 1. The Hall–Kier alpha value is -0.830. The lowest BCUT2D eigenvalue weighted by Crippen LogP contribution is -2.65. The third-order valence-electron chi connectivity index (χ3n) is 13.4. The van der Waals surface area contributed by atoms with Gasteiger partial charge in [-0.1, -0.05) is 59.6 Å². The summed E-state index contributed by atoms with van der Waals surface area (Å²) in [4.78, 5) is 11.9. The van der Waals surface area contributed by atoms with Crippen molar-refractivity contribution in [3.05, 3.63) is 11.1 Å². The van der Waals surface area contributed by atoms with E-state index in [0.717, 1.165) is 12.3 Å². The Morgan fingerprint density at radius 3 is 2.26 bits per heavy atom. The molecule has 5 aliphatic carbocycles. The third kappa shape index (κ3) is 3.28. The quantitative estimate of drug-likeness (QED) is 0.329. The molecule has 5 rings (SSSR count). The van der Waals surface area contributed by atoms with Crippen molar-refractivity contribution in [2.75, 3.05) is 6.61 Å². The summed E-state index contributed by atoms with van der Waals surface area (Å²) in [6, 6.07) is 0. The lowest BCUT2D eigenvalue weighted by Gasteiger charge is -2.72. The Bertz CT molecular complexity index is 916. The number of fused-ring (bicyclic) bond motifs is 7. The van der Waals surface area contributed by atoms with Crippen LogP contribution in [0.4, 0.5) is 0 Å². The van der Waals surface area contributed by atoms with Crippen molar-refractivity contribution in [3.63, 3.8) is 0 Å². The zero-order valence-corrected chi connectivity index (χ0v) is 23.9. The number of allylic oxidation sites excluding steroid dienone is 1. The maximum Gasteiger partial charge on any atom is 0.302 e. The van der Waals surface area contributed by atoms with Gasteiger partial charge >= 0.3 is 5.97 Å². The summed E-state index contributed by atoms with van der Waals surface area (Å²) in [5, 5.41) is 10.7. The van der Waals surface area contributed by atoms with Crippen molar-refractivity contribution in [2.24, 2.45) is 50.7 Å². The van der Waals surface area contributed by atoms with Crippen LogP contribution in [-0.4, -0.2) is 23.8 Å². The summed E-state index contributed by atoms with van der Waals surface area (Å²) in [6.45, 7) is 19.4. The molecule has 5 aliphatic rings. The maximum absolute atomic E-state index is 11.9. The van der Waals surface area contributed by atoms with Gasteiger partial charge in [0.2, 0.25) is 0 Å². The fourth-order valence-corrected chi connectivity index (χ4v) is 11.4. The zero-order chi connectivity index (χ0) is 25.6. The number of ether oxygens (including phenoxy) is 1. The van der Waals surface area contributed by atoms with Crippen LogP contribution in [0, 0.1) is 50.7 Å². The van der Waals surface area contributed by atoms with Crippen molar-refractivity contribution in [1.29, 1.82) is 0 Å². The summed E-state index contributed by atoms with van der Waals surface area (Å²) >= 11 is 0. The van der Waals surface area contributed by atoms with E-state index < -0.39 is 0 Å². The lowest BCUT2D eigenvalue weighted by molar-refractivity contribution is -0.233. The normalized spacial score (nSPS) is 48.6. The van der Waals surface area contributed by atoms with E-state index in [0.29, 0.717) is 40.6 Å². The van der Waals surface area contributed by atoms with E-state index in [1.807, 2.05) is 0 Å². The van der Waals surface area contributed by atoms with Crippen LogP contribution in [0.3, 0.4) is 0 Å². The molecule has 4 saturated carbocycles. The van der Waals surface area contributed by atoms with Crippen LogP contribution in [-0.2, 0) is 9.53 Å². The van der Waals surface area contributed by atoms with Crippen molar-refractivity contribution in [1.82, 2.24) is 0 Å². The van der Waals surface area contributed by atoms with E-state index in [9.17, 15) is 9.90 Å². The van der Waals surface area contributed by atoms with Gasteiger partial charge in [0.25, 0.3) is 0 Å². The number of aliphatic hydroxyl groups is 1. The van der Waals surface area contributed by atoms with Crippen LogP contribution in [0.25, 0.3) is 0 Å². The first-order chi connectivity index (χ1) is 16.3. The Morgan fingerprint density at radius 1 is 0.914 bits per heavy atom. The van der Waals surface area contributed by atoms with Gasteiger partial charge < -0.3 is 9.84 Å². The van der Waals surface area contributed by atoms with Gasteiger partial charge in [-0.25, -0.2) is 0 Å². The summed E-state index contributed by atoms with van der Waals surface area (Å²) < 4.78 is 5.90. The Morgan fingerprint density at radius 2 is 1.63 bits per heavy atom. The number of hydrogen-bond acceptors (Lipinski definition) is 3. The number of hydrogen-bond donors (Lipinski definition) is 1. The highest BCUT2D eigenvalue weighted by molar-refractivity contribution is 5.66. The molecule has 0 bridgehead atoms. The van der Waals surface area contributed by atoms with Gasteiger partial charge in [-0.05, 0) is 104 Å². The summed E-state index contributed by atoms with van der Waals surface area (Å²) in [6.07, 6.45) is 12.2. The predicted octanol–water partition coefficient (Wildman–Crippen LogP) is 7.71. The van der Waals surface area contributed by atoms with Crippen molar-refractivity contribution < 1.29 is 14.6 Å². The Kier molecular flexibility index (Phi) is 5.96. The molecular weight excluding hydrogens is 432 g/mol. The van der Waals surface area contributed by atoms with Gasteiger partial charge in [-0.2, -0.15) is 0 Å². The second-order valence-corrected chi connectivity index (χ2v) is 15.1. The van der Waals surface area contributed by atoms with E-state index in [4.69, 9.17) is 4.74 Å². The fourth-order valence-electron chi connectivity index (χ4n) is 11.4. The molecule has 0 aliphatic heterocycles. The van der Waals surface area contributed by atoms with E-state index >= 15 is 0 Å². The van der Waals surface area contributed by atoms with Gasteiger partial charge in [-0.3, -0.25) is 4.79 Å². The highest BCUT2D eigenvalue weighted by Gasteiger charge is 2.69. The monoisotopic (exact) mass is 484 g/mol. The number of carbonyl (C=O) groups excluding carboxylic acids is 1. The molecule has 198 valence electrons. The SMILES string of the molecule is CC(=O)OC1CCC2(C)C(CCC3(C)C2CCC2C4=C(C(C)C)CCC4(CO)CCC23C)C1(C)C. The first-order valence-electron chi connectivity index (χ1n) is 14.8. The molecule has 3 heteroatoms. The fraction of sp³-hybridized carbons (Fsp3) is 0.906. The number of carbonyl (C=O) groups is 1. The lowest BCUT2D eigenvalue weighted by atomic mass is 9.33. The standard InChI is InChI=1S/C32H52O3/c1-20(2)22-11-16-32(19-33)18-17-30(7)23(27(22)32)9-10-25-29(6)14-13-26(35-21(3)34)28(4,5)24(29)12-15-31(25,30)8/h20,23-26,33H,9-19H2,1-8H3. The number of rotatable bonds is 3. The summed E-state index contributed by atoms with van der Waals surface area (Å²) in [5.41, 5.74) is 4.43. The molecule has 4 fully saturated rings. The summed E-state index contributed by atoms with van der Waals surface area (Å²) in [7, 11) is 0. The molecule has 0 aromatic carbocycles. The van der Waals surface area contributed by atoms with Crippen LogP contribution < -0.4 is 0 Å². The van der Waals surface area contributed by atoms with Crippen LogP contribution in [0.1, 0.15) is 120 Å². The Balaban J connectivity index is 1.53. The predicted molar refractivity (Wildman–Crippen MR) is 142 cm³/mol. The molecule has 3 nitrogen and oxygen atoms in total. The molecule has 8 unspecified atom stereocenters. The molecule has 8 atom stereocenters. The average molecular weight is 485 g/mol. The van der Waals surface area contributed by atoms with E-state index in [-0.39, 0.29) is 22.9 Å². The molecule has 0 aromatic heterocycles. The molecular formula is C32H52O3. The van der Waals surface area contributed by atoms with Crippen LogP contribution in [0.2, 0.25) is 0 Å². The van der Waals surface area contributed by atoms with Gasteiger partial charge in [0.1, 0.15) is 6.10 Å². The van der Waals surface area contributed by atoms with Gasteiger partial charge in [0, 0.05) is 17.8 Å². The van der Waals surface area contributed by atoms with Gasteiger partial charge in [0.15, 0.2) is 0 Å². The van der Waals surface area contributed by atoms with Gasteiger partial charge in [0.05, 0.1) is 6.61 Å². The second kappa shape index (κ2) is 8.08. The van der Waals surface area contributed by atoms with Crippen LogP contribution in [0.5, 0.6) is 0 Å². The minimum absolute atomic E-state index is 0.0230. The molecule has 0 aromatic rings. The highest BCUT2D eigenvalue weighted by atomic mass is 16.5. The number of esters is 1. The Labute approximate surface area is 214 Å². The highest BCUT2D eigenvalue weighted by Crippen LogP contribution is 2.76. The molecule has 0 heterocycles. The van der Waals surface area contributed by atoms with E-state index in [1.165, 1.54) is 57.8 Å². The molecule has 0 amide bonds. The second-order valence-electron chi connectivity index (χ2n) is 15.1. The minimum atomic E-state index is -0.124. The molecule has 1 N–H and O–H groups in total. The van der Waals surface area contributed by atoms with Crippen molar-refractivity contribution >= 4 is 5.97 Å². The molecule has 0 spiro atoms. The minimum Gasteiger partial charge on any atom is -0.462 e. The first-order valence-corrected chi connectivity index (χ1v) is 14.8. The zero-order valence-electron chi connectivity index (χ0n) is 23.9. The molecule has 35 heavy (non-hydrogen) atoms. The average Bonchev–Trinajstić information content (AvgIpc) is 3.16. The van der Waals surface area contributed by atoms with Crippen LogP contribution in [0.15, 0.2) is 11.1 Å². The third-order valence-corrected chi connectivity index (χ3v) is 13.4. The van der Waals surface area contributed by atoms with Crippen molar-refractivity contribution in [2.45, 2.75) is 126 Å². The largest absolute Gasteiger partial charge is 0.462 e.